The number of amides is 1. The van der Waals surface area contributed by atoms with Crippen molar-refractivity contribution in [1.82, 2.24) is 9.80 Å². The number of fused-ring (bicyclic) bond motifs is 1. The Balaban J connectivity index is 1.62. The van der Waals surface area contributed by atoms with Gasteiger partial charge in [-0.25, -0.2) is 0 Å². The third-order valence-electron chi connectivity index (χ3n) is 4.29. The lowest BCUT2D eigenvalue weighted by Gasteiger charge is -2.30. The number of rotatable bonds is 2. The van der Waals surface area contributed by atoms with Crippen LogP contribution in [0.3, 0.4) is 0 Å². The maximum Gasteiger partial charge on any atom is 0.237 e. The minimum Gasteiger partial charge on any atom is -0.326 e. The van der Waals surface area contributed by atoms with Crippen LogP contribution < -0.4 is 0 Å². The van der Waals surface area contributed by atoms with Gasteiger partial charge in [0.2, 0.25) is 5.91 Å². The lowest BCUT2D eigenvalue weighted by atomic mass is 10.00. The van der Waals surface area contributed by atoms with E-state index in [1.54, 1.807) is 4.90 Å². The summed E-state index contributed by atoms with van der Waals surface area (Å²) < 4.78 is 0. The lowest BCUT2D eigenvalue weighted by Crippen LogP contribution is -2.43. The first-order valence-corrected chi connectivity index (χ1v) is 7.26. The molecular formula is C16H19N3O. The second-order valence-corrected chi connectivity index (χ2v) is 5.60. The molecule has 0 bridgehead atoms. The predicted molar refractivity (Wildman–Crippen MR) is 75.8 cm³/mol. The Hall–Kier alpha value is -1.86. The highest BCUT2D eigenvalue weighted by Gasteiger charge is 2.29. The van der Waals surface area contributed by atoms with Gasteiger partial charge in [0.05, 0.1) is 12.6 Å². The first-order valence-electron chi connectivity index (χ1n) is 7.26. The molecule has 0 N–H and O–H groups in total. The number of carbonyl (C=O) groups is 1. The molecule has 0 unspecified atom stereocenters. The largest absolute Gasteiger partial charge is 0.326 e. The molecule has 104 valence electrons. The van der Waals surface area contributed by atoms with Crippen molar-refractivity contribution in [2.24, 2.45) is 0 Å². The minimum atomic E-state index is -0.209. The number of carbonyl (C=O) groups excluding carboxylic acids is 1. The minimum absolute atomic E-state index is 0.105. The lowest BCUT2D eigenvalue weighted by molar-refractivity contribution is -0.132. The standard InChI is InChI=1S/C16H19N3O/c17-10-15-6-3-8-19(15)16(20)12-18-9-7-13-4-1-2-5-14(13)11-18/h1-2,4-5,15H,3,6-9,11-12H2/t15-/m0/s1. The fourth-order valence-electron chi connectivity index (χ4n) is 3.17. The van der Waals surface area contributed by atoms with E-state index in [2.05, 4.69) is 35.2 Å². The molecule has 1 atom stereocenters. The van der Waals surface area contributed by atoms with Gasteiger partial charge in [-0.15, -0.1) is 0 Å². The summed E-state index contributed by atoms with van der Waals surface area (Å²) in [5.74, 6) is 0.105. The molecular weight excluding hydrogens is 250 g/mol. The SMILES string of the molecule is N#C[C@@H]1CCCN1C(=O)CN1CCc2ccccc2C1. The Morgan fingerprint density at radius 1 is 1.30 bits per heavy atom. The van der Waals surface area contributed by atoms with Crippen molar-refractivity contribution in [2.45, 2.75) is 31.8 Å². The highest BCUT2D eigenvalue weighted by molar-refractivity contribution is 5.79. The number of hydrogen-bond donors (Lipinski definition) is 0. The topological polar surface area (TPSA) is 47.3 Å². The fourth-order valence-corrected chi connectivity index (χ4v) is 3.17. The summed E-state index contributed by atoms with van der Waals surface area (Å²) in [4.78, 5) is 16.3. The summed E-state index contributed by atoms with van der Waals surface area (Å²) in [5.41, 5.74) is 2.72. The zero-order valence-corrected chi connectivity index (χ0v) is 11.6. The van der Waals surface area contributed by atoms with Crippen LogP contribution in [0.15, 0.2) is 24.3 Å². The van der Waals surface area contributed by atoms with Crippen molar-refractivity contribution in [1.29, 1.82) is 5.26 Å². The number of nitriles is 1. The van der Waals surface area contributed by atoms with E-state index in [0.29, 0.717) is 6.54 Å². The van der Waals surface area contributed by atoms with Gasteiger partial charge in [0.25, 0.3) is 0 Å². The molecule has 1 aromatic rings. The summed E-state index contributed by atoms with van der Waals surface area (Å²) in [5, 5.41) is 9.06. The van der Waals surface area contributed by atoms with Crippen LogP contribution in [0.2, 0.25) is 0 Å². The first-order chi connectivity index (χ1) is 9.78. The molecule has 3 rings (SSSR count). The molecule has 2 heterocycles. The average molecular weight is 269 g/mol. The number of nitrogens with zero attached hydrogens (tertiary/aromatic N) is 3. The van der Waals surface area contributed by atoms with Gasteiger partial charge >= 0.3 is 0 Å². The van der Waals surface area contributed by atoms with E-state index in [-0.39, 0.29) is 11.9 Å². The van der Waals surface area contributed by atoms with Gasteiger partial charge in [0.15, 0.2) is 0 Å². The van der Waals surface area contributed by atoms with Crippen molar-refractivity contribution in [3.8, 4) is 6.07 Å². The Morgan fingerprint density at radius 3 is 2.90 bits per heavy atom. The summed E-state index contributed by atoms with van der Waals surface area (Å²) in [6.45, 7) is 2.94. The van der Waals surface area contributed by atoms with Crippen molar-refractivity contribution >= 4 is 5.91 Å². The van der Waals surface area contributed by atoms with Gasteiger partial charge in [-0.2, -0.15) is 5.26 Å². The van der Waals surface area contributed by atoms with Crippen molar-refractivity contribution < 1.29 is 4.79 Å². The smallest absolute Gasteiger partial charge is 0.237 e. The van der Waals surface area contributed by atoms with Crippen LogP contribution in [0, 0.1) is 11.3 Å². The maximum absolute atomic E-state index is 12.3. The van der Waals surface area contributed by atoms with E-state index in [0.717, 1.165) is 38.9 Å². The second kappa shape index (κ2) is 5.64. The number of hydrogen-bond acceptors (Lipinski definition) is 3. The highest BCUT2D eigenvalue weighted by atomic mass is 16.2. The van der Waals surface area contributed by atoms with Crippen LogP contribution in [0.25, 0.3) is 0 Å². The Bertz CT molecular complexity index is 549. The molecule has 1 aromatic carbocycles. The van der Waals surface area contributed by atoms with E-state index < -0.39 is 0 Å². The third-order valence-corrected chi connectivity index (χ3v) is 4.29. The van der Waals surface area contributed by atoms with Gasteiger partial charge in [-0.1, -0.05) is 24.3 Å². The molecule has 1 saturated heterocycles. The van der Waals surface area contributed by atoms with Crippen molar-refractivity contribution in [3.63, 3.8) is 0 Å². The summed E-state index contributed by atoms with van der Waals surface area (Å²) >= 11 is 0. The zero-order valence-electron chi connectivity index (χ0n) is 11.6. The Labute approximate surface area is 119 Å². The Morgan fingerprint density at radius 2 is 2.10 bits per heavy atom. The monoisotopic (exact) mass is 269 g/mol. The number of benzene rings is 1. The molecule has 1 fully saturated rings. The highest BCUT2D eigenvalue weighted by Crippen LogP contribution is 2.20. The molecule has 2 aliphatic heterocycles. The fraction of sp³-hybridized carbons (Fsp3) is 0.500. The van der Waals surface area contributed by atoms with E-state index in [4.69, 9.17) is 5.26 Å². The van der Waals surface area contributed by atoms with Crippen molar-refractivity contribution in [2.75, 3.05) is 19.6 Å². The van der Waals surface area contributed by atoms with Gasteiger partial charge in [0, 0.05) is 19.6 Å². The normalized spacial score (nSPS) is 22.4. The Kier molecular flexibility index (Phi) is 3.70. The van der Waals surface area contributed by atoms with Gasteiger partial charge in [-0.3, -0.25) is 9.69 Å². The van der Waals surface area contributed by atoms with E-state index >= 15 is 0 Å². The summed E-state index contributed by atoms with van der Waals surface area (Å²) in [6.07, 6.45) is 2.78. The van der Waals surface area contributed by atoms with Crippen LogP contribution in [0.5, 0.6) is 0 Å². The molecule has 2 aliphatic rings. The molecule has 20 heavy (non-hydrogen) atoms. The molecule has 0 radical (unpaired) electrons. The number of likely N-dealkylation sites (tertiary alicyclic amines) is 1. The van der Waals surface area contributed by atoms with E-state index in [1.165, 1.54) is 11.1 Å². The van der Waals surface area contributed by atoms with Crippen molar-refractivity contribution in [3.05, 3.63) is 35.4 Å². The summed E-state index contributed by atoms with van der Waals surface area (Å²) in [7, 11) is 0. The van der Waals surface area contributed by atoms with E-state index in [1.807, 2.05) is 0 Å². The molecule has 4 heteroatoms. The average Bonchev–Trinajstić information content (AvgIpc) is 2.95. The quantitative estimate of drug-likeness (QED) is 0.818. The van der Waals surface area contributed by atoms with Crippen LogP contribution in [0.4, 0.5) is 0 Å². The second-order valence-electron chi connectivity index (χ2n) is 5.60. The van der Waals surface area contributed by atoms with E-state index in [9.17, 15) is 4.79 Å². The van der Waals surface area contributed by atoms with Crippen LogP contribution in [-0.4, -0.2) is 41.4 Å². The molecule has 0 saturated carbocycles. The third kappa shape index (κ3) is 2.54. The van der Waals surface area contributed by atoms with Gasteiger partial charge in [-0.05, 0) is 30.4 Å². The molecule has 0 aromatic heterocycles. The maximum atomic E-state index is 12.3. The zero-order chi connectivity index (χ0) is 13.9. The van der Waals surface area contributed by atoms with Gasteiger partial charge < -0.3 is 4.90 Å². The molecule has 4 nitrogen and oxygen atoms in total. The van der Waals surface area contributed by atoms with Crippen LogP contribution >= 0.6 is 0 Å². The first kappa shape index (κ1) is 13.1. The van der Waals surface area contributed by atoms with Crippen LogP contribution in [0.1, 0.15) is 24.0 Å². The molecule has 0 aliphatic carbocycles. The predicted octanol–water partition coefficient (Wildman–Crippen LogP) is 1.56. The molecule has 1 amide bonds. The van der Waals surface area contributed by atoms with Gasteiger partial charge in [0.1, 0.15) is 6.04 Å². The summed E-state index contributed by atoms with van der Waals surface area (Å²) in [6, 6.07) is 10.5. The molecule has 0 spiro atoms. The van der Waals surface area contributed by atoms with Crippen LogP contribution in [-0.2, 0) is 17.8 Å².